The second-order valence-electron chi connectivity index (χ2n) is 2.99. The molecule has 0 aromatic carbocycles. The summed E-state index contributed by atoms with van der Waals surface area (Å²) in [6, 6.07) is 0.619. The molecule has 2 atom stereocenters. The molecule has 2 bridgehead atoms. The van der Waals surface area contributed by atoms with Gasteiger partial charge in [0.2, 0.25) is 0 Å². The fourth-order valence-electron chi connectivity index (χ4n) is 1.83. The summed E-state index contributed by atoms with van der Waals surface area (Å²) >= 11 is 0. The van der Waals surface area contributed by atoms with Gasteiger partial charge in [0.15, 0.2) is 0 Å². The van der Waals surface area contributed by atoms with Crippen LogP contribution < -0.4 is 11.1 Å². The van der Waals surface area contributed by atoms with Crippen LogP contribution in [0.1, 0.15) is 6.42 Å². The molecule has 64 valence electrons. The molecule has 0 spiro atoms. The van der Waals surface area contributed by atoms with E-state index >= 15 is 0 Å². The number of nitrogens with two attached hydrogens (primary N) is 1. The van der Waals surface area contributed by atoms with Gasteiger partial charge in [-0.3, -0.25) is 0 Å². The van der Waals surface area contributed by atoms with Gasteiger partial charge in [-0.15, -0.1) is 12.4 Å². The summed E-state index contributed by atoms with van der Waals surface area (Å²) in [7, 11) is 0. The number of halogens is 1. The summed E-state index contributed by atoms with van der Waals surface area (Å²) in [5.74, 6) is 0. The van der Waals surface area contributed by atoms with Crippen LogP contribution in [0.2, 0.25) is 0 Å². The molecule has 2 fully saturated rings. The number of carbonyl (C=O) groups excluding carboxylic acids is 1. The van der Waals surface area contributed by atoms with E-state index < -0.39 is 0 Å². The van der Waals surface area contributed by atoms with Crippen LogP contribution in [0.25, 0.3) is 0 Å². The zero-order valence-corrected chi connectivity index (χ0v) is 6.93. The number of amides is 2. The van der Waals surface area contributed by atoms with Gasteiger partial charge in [0.05, 0.1) is 0 Å². The van der Waals surface area contributed by atoms with Crippen LogP contribution in [0.3, 0.4) is 0 Å². The lowest BCUT2D eigenvalue weighted by molar-refractivity contribution is 0.194. The Morgan fingerprint density at radius 3 is 2.64 bits per heavy atom. The Balaban J connectivity index is 0.000000605. The average molecular weight is 178 g/mol. The lowest BCUT2D eigenvalue weighted by Crippen LogP contribution is -2.48. The van der Waals surface area contributed by atoms with Gasteiger partial charge in [-0.05, 0) is 6.42 Å². The summed E-state index contributed by atoms with van der Waals surface area (Å²) in [6.45, 7) is 1.73. The number of primary amides is 1. The van der Waals surface area contributed by atoms with E-state index in [1.165, 1.54) is 0 Å². The van der Waals surface area contributed by atoms with Crippen molar-refractivity contribution in [3.05, 3.63) is 0 Å². The molecule has 0 aliphatic carbocycles. The van der Waals surface area contributed by atoms with Gasteiger partial charge < -0.3 is 16.0 Å². The standard InChI is InChI=1S/C6H11N3O.ClH/c7-6(10)9-3-4-1-5(9)2-8-4;/h4-5,8H,1-3H2,(H2,7,10);1H/t4?,5-;/m0./s1. The molecule has 0 aromatic heterocycles. The van der Waals surface area contributed by atoms with Crippen molar-refractivity contribution in [3.63, 3.8) is 0 Å². The third-order valence-electron chi connectivity index (χ3n) is 2.34. The minimum atomic E-state index is -0.269. The maximum Gasteiger partial charge on any atom is 0.315 e. The van der Waals surface area contributed by atoms with Gasteiger partial charge in [0.25, 0.3) is 0 Å². The first kappa shape index (κ1) is 8.62. The zero-order valence-electron chi connectivity index (χ0n) is 6.12. The third kappa shape index (κ3) is 1.28. The first-order valence-electron chi connectivity index (χ1n) is 3.57. The van der Waals surface area contributed by atoms with Gasteiger partial charge in [0.1, 0.15) is 0 Å². The zero-order chi connectivity index (χ0) is 7.14. The minimum absolute atomic E-state index is 0. The van der Waals surface area contributed by atoms with Crippen LogP contribution in [0.4, 0.5) is 4.79 Å². The van der Waals surface area contributed by atoms with Crippen LogP contribution in [-0.4, -0.2) is 36.1 Å². The number of nitrogens with zero attached hydrogens (tertiary/aromatic N) is 1. The predicted molar refractivity (Wildman–Crippen MR) is 43.7 cm³/mol. The molecule has 1 unspecified atom stereocenters. The van der Waals surface area contributed by atoms with Crippen molar-refractivity contribution in [2.24, 2.45) is 5.73 Å². The molecule has 2 amide bonds. The highest BCUT2D eigenvalue weighted by atomic mass is 35.5. The number of hydrogen-bond acceptors (Lipinski definition) is 2. The first-order valence-corrected chi connectivity index (χ1v) is 3.57. The van der Waals surface area contributed by atoms with E-state index in [0.717, 1.165) is 19.5 Å². The van der Waals surface area contributed by atoms with E-state index in [1.807, 2.05) is 0 Å². The van der Waals surface area contributed by atoms with E-state index in [2.05, 4.69) is 5.32 Å². The summed E-state index contributed by atoms with van der Waals surface area (Å²) in [6.07, 6.45) is 1.09. The number of fused-ring (bicyclic) bond motifs is 2. The second-order valence-corrected chi connectivity index (χ2v) is 2.99. The monoisotopic (exact) mass is 177 g/mol. The van der Waals surface area contributed by atoms with Crippen molar-refractivity contribution in [3.8, 4) is 0 Å². The van der Waals surface area contributed by atoms with Crippen molar-refractivity contribution in [2.45, 2.75) is 18.5 Å². The molecule has 11 heavy (non-hydrogen) atoms. The highest BCUT2D eigenvalue weighted by Crippen LogP contribution is 2.22. The maximum atomic E-state index is 10.7. The Kier molecular flexibility index (Phi) is 2.25. The van der Waals surface area contributed by atoms with E-state index in [-0.39, 0.29) is 18.4 Å². The van der Waals surface area contributed by atoms with Crippen LogP contribution in [0.5, 0.6) is 0 Å². The second kappa shape index (κ2) is 2.87. The molecular formula is C6H12ClN3O. The molecule has 0 radical (unpaired) electrons. The van der Waals surface area contributed by atoms with Gasteiger partial charge in [-0.1, -0.05) is 0 Å². The molecule has 4 nitrogen and oxygen atoms in total. The fraction of sp³-hybridized carbons (Fsp3) is 0.833. The molecule has 5 heteroatoms. The maximum absolute atomic E-state index is 10.7. The number of urea groups is 1. The van der Waals surface area contributed by atoms with E-state index in [4.69, 9.17) is 5.73 Å². The topological polar surface area (TPSA) is 58.4 Å². The minimum Gasteiger partial charge on any atom is -0.351 e. The molecule has 2 heterocycles. The van der Waals surface area contributed by atoms with Crippen molar-refractivity contribution < 1.29 is 4.79 Å². The summed E-state index contributed by atoms with van der Waals surface area (Å²) in [4.78, 5) is 12.5. The SMILES string of the molecule is Cl.NC(=O)N1CC2C[C@H]1CN2. The number of piperazine rings is 1. The van der Waals surface area contributed by atoms with Gasteiger partial charge >= 0.3 is 6.03 Å². The Labute approximate surface area is 71.5 Å². The number of nitrogens with one attached hydrogen (secondary N) is 1. The van der Waals surface area contributed by atoms with Crippen molar-refractivity contribution >= 4 is 18.4 Å². The lowest BCUT2D eigenvalue weighted by atomic mass is 10.2. The highest BCUT2D eigenvalue weighted by Gasteiger charge is 2.39. The van der Waals surface area contributed by atoms with E-state index in [0.29, 0.717) is 12.1 Å². The highest BCUT2D eigenvalue weighted by molar-refractivity contribution is 5.85. The quantitative estimate of drug-likeness (QED) is 0.526. The van der Waals surface area contributed by atoms with Gasteiger partial charge in [-0.2, -0.15) is 0 Å². The first-order chi connectivity index (χ1) is 4.77. The molecule has 2 rings (SSSR count). The smallest absolute Gasteiger partial charge is 0.315 e. The van der Waals surface area contributed by atoms with Crippen molar-refractivity contribution in [2.75, 3.05) is 13.1 Å². The van der Waals surface area contributed by atoms with Crippen LogP contribution in [0, 0.1) is 0 Å². The van der Waals surface area contributed by atoms with Crippen LogP contribution in [0.15, 0.2) is 0 Å². The van der Waals surface area contributed by atoms with Crippen molar-refractivity contribution in [1.29, 1.82) is 0 Å². The molecule has 2 aliphatic heterocycles. The lowest BCUT2D eigenvalue weighted by Gasteiger charge is -2.25. The van der Waals surface area contributed by atoms with Crippen molar-refractivity contribution in [1.82, 2.24) is 10.2 Å². The summed E-state index contributed by atoms with van der Waals surface area (Å²) in [5.41, 5.74) is 5.14. The Hall–Kier alpha value is -0.480. The van der Waals surface area contributed by atoms with Gasteiger partial charge in [-0.25, -0.2) is 4.79 Å². The third-order valence-corrected chi connectivity index (χ3v) is 2.34. The Bertz CT molecular complexity index is 175. The molecule has 0 saturated carbocycles. The summed E-state index contributed by atoms with van der Waals surface area (Å²) in [5, 5.41) is 3.29. The number of carbonyl (C=O) groups is 1. The molecule has 0 aromatic rings. The molecule has 2 saturated heterocycles. The number of hydrogen-bond donors (Lipinski definition) is 2. The molecule has 3 N–H and O–H groups in total. The molecular weight excluding hydrogens is 166 g/mol. The number of likely N-dealkylation sites (tertiary alicyclic amines) is 1. The Morgan fingerprint density at radius 2 is 2.36 bits per heavy atom. The van der Waals surface area contributed by atoms with Crippen LogP contribution in [-0.2, 0) is 0 Å². The Morgan fingerprint density at radius 1 is 1.64 bits per heavy atom. The molecule has 2 aliphatic rings. The largest absolute Gasteiger partial charge is 0.351 e. The number of rotatable bonds is 0. The normalized spacial score (nSPS) is 33.6. The fourth-order valence-corrected chi connectivity index (χ4v) is 1.83. The summed E-state index contributed by atoms with van der Waals surface area (Å²) < 4.78 is 0. The van der Waals surface area contributed by atoms with Gasteiger partial charge in [0, 0.05) is 25.2 Å². The van der Waals surface area contributed by atoms with E-state index in [9.17, 15) is 4.79 Å². The van der Waals surface area contributed by atoms with Crippen LogP contribution >= 0.6 is 12.4 Å². The average Bonchev–Trinajstić information content (AvgIpc) is 2.44. The van der Waals surface area contributed by atoms with E-state index in [1.54, 1.807) is 4.90 Å². The predicted octanol–water partition coefficient (Wildman–Crippen LogP) is -0.467.